The lowest BCUT2D eigenvalue weighted by Gasteiger charge is -2.18. The molecule has 0 aliphatic carbocycles. The fourth-order valence-corrected chi connectivity index (χ4v) is 2.62. The van der Waals surface area contributed by atoms with Crippen molar-refractivity contribution in [2.45, 2.75) is 59.3 Å². The zero-order chi connectivity index (χ0) is 14.6. The van der Waals surface area contributed by atoms with Crippen LogP contribution in [0.1, 0.15) is 68.8 Å². The summed E-state index contributed by atoms with van der Waals surface area (Å²) in [6.07, 6.45) is 6.04. The molecule has 1 aromatic rings. The van der Waals surface area contributed by atoms with Gasteiger partial charge in [0.25, 0.3) is 0 Å². The van der Waals surface area contributed by atoms with Gasteiger partial charge in [0.2, 0.25) is 0 Å². The van der Waals surface area contributed by atoms with Gasteiger partial charge in [-0.15, -0.1) is 0 Å². The minimum atomic E-state index is 0.271. The van der Waals surface area contributed by atoms with Crippen molar-refractivity contribution in [2.75, 3.05) is 6.61 Å². The van der Waals surface area contributed by atoms with E-state index in [9.17, 15) is 4.79 Å². The average molecular weight is 274 g/mol. The third-order valence-corrected chi connectivity index (χ3v) is 3.81. The third kappa shape index (κ3) is 4.36. The van der Waals surface area contributed by atoms with Crippen LogP contribution in [0.4, 0.5) is 0 Å². The van der Waals surface area contributed by atoms with Crippen molar-refractivity contribution in [1.82, 2.24) is 0 Å². The smallest absolute Gasteiger partial charge is 0.162 e. The van der Waals surface area contributed by atoms with Gasteiger partial charge in [-0.2, -0.15) is 0 Å². The van der Waals surface area contributed by atoms with E-state index in [0.29, 0.717) is 11.8 Å². The average Bonchev–Trinajstić information content (AvgIpc) is 2.42. The summed E-state index contributed by atoms with van der Waals surface area (Å²) >= 11 is 0. The maximum Gasteiger partial charge on any atom is 0.162 e. The highest BCUT2D eigenvalue weighted by Crippen LogP contribution is 2.27. The summed E-state index contributed by atoms with van der Waals surface area (Å²) in [7, 11) is 0. The molecule has 0 spiro atoms. The molecule has 0 aromatic heterocycles. The van der Waals surface area contributed by atoms with E-state index in [4.69, 9.17) is 4.74 Å². The Morgan fingerprint density at radius 3 is 2.80 bits per heavy atom. The van der Waals surface area contributed by atoms with Crippen molar-refractivity contribution in [3.05, 3.63) is 29.3 Å². The molecular formula is C18H26O2. The molecule has 0 N–H and O–H groups in total. The van der Waals surface area contributed by atoms with Gasteiger partial charge in [-0.1, -0.05) is 27.2 Å². The number of carbonyl (C=O) groups excluding carboxylic acids is 1. The fourth-order valence-electron chi connectivity index (χ4n) is 2.62. The van der Waals surface area contributed by atoms with Crippen molar-refractivity contribution < 1.29 is 9.53 Å². The molecule has 2 nitrogen and oxygen atoms in total. The molecule has 0 fully saturated rings. The molecule has 1 heterocycles. The minimum absolute atomic E-state index is 0.271. The predicted octanol–water partition coefficient (Wildman–Crippen LogP) is 4.80. The van der Waals surface area contributed by atoms with Gasteiger partial charge in [0.05, 0.1) is 6.61 Å². The molecule has 0 amide bonds. The van der Waals surface area contributed by atoms with Crippen LogP contribution in [0.25, 0.3) is 0 Å². The van der Waals surface area contributed by atoms with Gasteiger partial charge in [0, 0.05) is 12.0 Å². The van der Waals surface area contributed by atoms with E-state index in [-0.39, 0.29) is 5.78 Å². The van der Waals surface area contributed by atoms with E-state index in [2.05, 4.69) is 20.8 Å². The number of hydrogen-bond donors (Lipinski definition) is 0. The van der Waals surface area contributed by atoms with Crippen LogP contribution in [0.5, 0.6) is 5.75 Å². The van der Waals surface area contributed by atoms with Crippen molar-refractivity contribution in [1.29, 1.82) is 0 Å². The molecule has 0 atom stereocenters. The summed E-state index contributed by atoms with van der Waals surface area (Å²) in [4.78, 5) is 12.2. The largest absolute Gasteiger partial charge is 0.493 e. The van der Waals surface area contributed by atoms with Crippen LogP contribution in [0, 0.1) is 5.41 Å². The molecule has 0 saturated carbocycles. The van der Waals surface area contributed by atoms with Gasteiger partial charge in [0.1, 0.15) is 5.75 Å². The number of rotatable bonds is 5. The first-order valence-corrected chi connectivity index (χ1v) is 7.75. The fraction of sp³-hybridized carbons (Fsp3) is 0.611. The van der Waals surface area contributed by atoms with Crippen molar-refractivity contribution in [3.8, 4) is 5.75 Å². The molecule has 1 aliphatic rings. The van der Waals surface area contributed by atoms with Crippen LogP contribution in [0.15, 0.2) is 18.2 Å². The molecule has 0 radical (unpaired) electrons. The lowest BCUT2D eigenvalue weighted by molar-refractivity contribution is 0.0977. The molecule has 1 aliphatic heterocycles. The first-order valence-electron chi connectivity index (χ1n) is 7.75. The number of carbonyl (C=O) groups is 1. The number of hydrogen-bond acceptors (Lipinski definition) is 2. The molecule has 2 heteroatoms. The van der Waals surface area contributed by atoms with Crippen LogP contribution < -0.4 is 4.74 Å². The zero-order valence-electron chi connectivity index (χ0n) is 13.0. The monoisotopic (exact) mass is 274 g/mol. The first-order chi connectivity index (χ1) is 9.46. The standard InChI is InChI=1S/C18H26O2/c1-18(2,3)11-5-4-8-16(19)14-9-10-17-15(13-14)7-6-12-20-17/h9-10,13H,4-8,11-12H2,1-3H3. The van der Waals surface area contributed by atoms with Crippen LogP contribution in [-0.4, -0.2) is 12.4 Å². The molecule has 1 aromatic carbocycles. The highest BCUT2D eigenvalue weighted by atomic mass is 16.5. The molecule has 20 heavy (non-hydrogen) atoms. The lowest BCUT2D eigenvalue weighted by Crippen LogP contribution is -2.10. The van der Waals surface area contributed by atoms with Gasteiger partial charge in [0.15, 0.2) is 5.78 Å². The number of aryl methyl sites for hydroxylation is 1. The predicted molar refractivity (Wildman–Crippen MR) is 82.5 cm³/mol. The van der Waals surface area contributed by atoms with E-state index in [1.807, 2.05) is 18.2 Å². The Labute approximate surface area is 122 Å². The SMILES string of the molecule is CC(C)(C)CCCCC(=O)c1ccc2c(c1)CCCO2. The van der Waals surface area contributed by atoms with Crippen LogP contribution in [-0.2, 0) is 6.42 Å². The minimum Gasteiger partial charge on any atom is -0.493 e. The Morgan fingerprint density at radius 1 is 1.25 bits per heavy atom. The summed E-state index contributed by atoms with van der Waals surface area (Å²) in [6, 6.07) is 5.90. The van der Waals surface area contributed by atoms with Gasteiger partial charge >= 0.3 is 0 Å². The molecule has 0 saturated heterocycles. The Morgan fingerprint density at radius 2 is 2.05 bits per heavy atom. The molecule has 110 valence electrons. The topological polar surface area (TPSA) is 26.3 Å². The Balaban J connectivity index is 1.86. The van der Waals surface area contributed by atoms with Crippen LogP contribution in [0.2, 0.25) is 0 Å². The number of benzene rings is 1. The van der Waals surface area contributed by atoms with E-state index in [1.165, 1.54) is 12.0 Å². The summed E-state index contributed by atoms with van der Waals surface area (Å²) in [5.74, 6) is 1.23. The number of unbranched alkanes of at least 4 members (excludes halogenated alkanes) is 1. The Bertz CT molecular complexity index is 469. The quantitative estimate of drug-likeness (QED) is 0.569. The Kier molecular flexibility index (Phi) is 4.85. The van der Waals surface area contributed by atoms with Gasteiger partial charge < -0.3 is 4.74 Å². The normalized spacial score (nSPS) is 14.6. The van der Waals surface area contributed by atoms with Gasteiger partial charge in [-0.25, -0.2) is 0 Å². The summed E-state index contributed by atoms with van der Waals surface area (Å²) in [5, 5.41) is 0. The second kappa shape index (κ2) is 6.43. The third-order valence-electron chi connectivity index (χ3n) is 3.81. The number of Topliss-reactive ketones (excluding diaryl/α,β-unsaturated/α-hetero) is 1. The maximum absolute atomic E-state index is 12.2. The van der Waals surface area contributed by atoms with E-state index in [0.717, 1.165) is 43.6 Å². The number of fused-ring (bicyclic) bond motifs is 1. The summed E-state index contributed by atoms with van der Waals surface area (Å²) < 4.78 is 5.58. The number of ketones is 1. The summed E-state index contributed by atoms with van der Waals surface area (Å²) in [5.41, 5.74) is 2.41. The van der Waals surface area contributed by atoms with Crippen LogP contribution >= 0.6 is 0 Å². The van der Waals surface area contributed by atoms with Crippen molar-refractivity contribution >= 4 is 5.78 Å². The Hall–Kier alpha value is -1.31. The number of ether oxygens (including phenoxy) is 1. The highest BCUT2D eigenvalue weighted by molar-refractivity contribution is 5.96. The molecule has 0 bridgehead atoms. The summed E-state index contributed by atoms with van der Waals surface area (Å²) in [6.45, 7) is 7.54. The van der Waals surface area contributed by atoms with Gasteiger partial charge in [-0.05, 0) is 54.9 Å². The molecule has 2 rings (SSSR count). The second-order valence-electron chi connectivity index (χ2n) is 6.97. The van der Waals surface area contributed by atoms with Gasteiger partial charge in [-0.3, -0.25) is 4.79 Å². The first kappa shape index (κ1) is 15.1. The molecular weight excluding hydrogens is 248 g/mol. The van der Waals surface area contributed by atoms with E-state index in [1.54, 1.807) is 0 Å². The maximum atomic E-state index is 12.2. The molecule has 0 unspecified atom stereocenters. The second-order valence-corrected chi connectivity index (χ2v) is 6.97. The zero-order valence-corrected chi connectivity index (χ0v) is 13.0. The lowest BCUT2D eigenvalue weighted by atomic mass is 9.89. The van der Waals surface area contributed by atoms with Crippen molar-refractivity contribution in [3.63, 3.8) is 0 Å². The highest BCUT2D eigenvalue weighted by Gasteiger charge is 2.14. The van der Waals surface area contributed by atoms with E-state index >= 15 is 0 Å². The van der Waals surface area contributed by atoms with Crippen molar-refractivity contribution in [2.24, 2.45) is 5.41 Å². The van der Waals surface area contributed by atoms with Crippen LogP contribution in [0.3, 0.4) is 0 Å². The van der Waals surface area contributed by atoms with E-state index < -0.39 is 0 Å².